The number of hydrogen-bond acceptors (Lipinski definition) is 3. The second-order valence-corrected chi connectivity index (χ2v) is 7.47. The molecule has 18 heavy (non-hydrogen) atoms. The zero-order valence-electron chi connectivity index (χ0n) is 11.6. The largest absolute Gasteiger partial charge is 0.354 e. The SMILES string of the molecule is CSC1(CNC(=O)C2(C)CCCC2N)CCCC1. The molecule has 0 aliphatic heterocycles. The van der Waals surface area contributed by atoms with Gasteiger partial charge in [-0.1, -0.05) is 19.3 Å². The molecule has 2 aliphatic carbocycles. The molecule has 2 aliphatic rings. The Hall–Kier alpha value is -0.220. The van der Waals surface area contributed by atoms with Gasteiger partial charge in [-0.25, -0.2) is 0 Å². The Labute approximate surface area is 115 Å². The number of nitrogens with one attached hydrogen (secondary N) is 1. The van der Waals surface area contributed by atoms with E-state index >= 15 is 0 Å². The van der Waals surface area contributed by atoms with Crippen LogP contribution < -0.4 is 11.1 Å². The first kappa shape index (κ1) is 14.2. The molecular weight excluding hydrogens is 244 g/mol. The molecule has 0 aromatic rings. The lowest BCUT2D eigenvalue weighted by atomic mass is 9.84. The number of carbonyl (C=O) groups is 1. The maximum absolute atomic E-state index is 12.4. The molecule has 0 aromatic heterocycles. The van der Waals surface area contributed by atoms with E-state index in [9.17, 15) is 4.79 Å². The Morgan fingerprint density at radius 2 is 2.00 bits per heavy atom. The summed E-state index contributed by atoms with van der Waals surface area (Å²) in [7, 11) is 0. The minimum absolute atomic E-state index is 0.0336. The van der Waals surface area contributed by atoms with E-state index < -0.39 is 0 Å². The summed E-state index contributed by atoms with van der Waals surface area (Å²) in [5.74, 6) is 0.174. The van der Waals surface area contributed by atoms with Gasteiger partial charge in [0, 0.05) is 17.3 Å². The molecule has 0 aromatic carbocycles. The van der Waals surface area contributed by atoms with Crippen LogP contribution in [0.2, 0.25) is 0 Å². The maximum Gasteiger partial charge on any atom is 0.227 e. The first-order valence-electron chi connectivity index (χ1n) is 7.11. The fourth-order valence-corrected chi connectivity index (χ4v) is 4.30. The highest BCUT2D eigenvalue weighted by Gasteiger charge is 2.44. The van der Waals surface area contributed by atoms with E-state index in [-0.39, 0.29) is 22.1 Å². The summed E-state index contributed by atoms with van der Waals surface area (Å²) in [6.07, 6.45) is 10.2. The van der Waals surface area contributed by atoms with Gasteiger partial charge in [0.05, 0.1) is 5.41 Å². The predicted molar refractivity (Wildman–Crippen MR) is 77.7 cm³/mol. The van der Waals surface area contributed by atoms with Gasteiger partial charge in [-0.15, -0.1) is 0 Å². The van der Waals surface area contributed by atoms with Gasteiger partial charge in [0.1, 0.15) is 0 Å². The third-order valence-corrected chi connectivity index (χ3v) is 6.49. The Kier molecular flexibility index (Phi) is 4.27. The van der Waals surface area contributed by atoms with Crippen molar-refractivity contribution in [3.63, 3.8) is 0 Å². The van der Waals surface area contributed by atoms with Gasteiger partial charge in [-0.2, -0.15) is 11.8 Å². The van der Waals surface area contributed by atoms with Crippen LogP contribution in [0.25, 0.3) is 0 Å². The van der Waals surface area contributed by atoms with Crippen LogP contribution in [-0.2, 0) is 4.79 Å². The van der Waals surface area contributed by atoms with Crippen molar-refractivity contribution in [2.24, 2.45) is 11.1 Å². The zero-order valence-corrected chi connectivity index (χ0v) is 12.4. The van der Waals surface area contributed by atoms with Crippen LogP contribution in [0.1, 0.15) is 51.9 Å². The van der Waals surface area contributed by atoms with E-state index in [0.717, 1.165) is 25.8 Å². The quantitative estimate of drug-likeness (QED) is 0.824. The molecule has 1 amide bonds. The van der Waals surface area contributed by atoms with E-state index in [0.29, 0.717) is 0 Å². The van der Waals surface area contributed by atoms with Crippen LogP contribution in [0.15, 0.2) is 0 Å². The van der Waals surface area contributed by atoms with E-state index in [2.05, 4.69) is 11.6 Å². The van der Waals surface area contributed by atoms with Gasteiger partial charge in [-0.3, -0.25) is 4.79 Å². The Bertz CT molecular complexity index is 315. The van der Waals surface area contributed by atoms with Crippen LogP contribution in [0.5, 0.6) is 0 Å². The number of hydrogen-bond donors (Lipinski definition) is 2. The molecule has 2 rings (SSSR count). The fourth-order valence-electron chi connectivity index (χ4n) is 3.39. The standard InChI is InChI=1S/C14H26N2OS/c1-13(7-5-6-11(13)15)12(17)16-10-14(18-2)8-3-4-9-14/h11H,3-10,15H2,1-2H3,(H,16,17). The summed E-state index contributed by atoms with van der Waals surface area (Å²) in [6, 6.07) is 0.0336. The molecule has 2 unspecified atom stereocenters. The Morgan fingerprint density at radius 1 is 1.33 bits per heavy atom. The first-order chi connectivity index (χ1) is 8.52. The highest BCUT2D eigenvalue weighted by molar-refractivity contribution is 8.00. The van der Waals surface area contributed by atoms with E-state index in [1.807, 2.05) is 18.7 Å². The molecule has 2 fully saturated rings. The smallest absolute Gasteiger partial charge is 0.227 e. The van der Waals surface area contributed by atoms with Crippen molar-refractivity contribution < 1.29 is 4.79 Å². The molecule has 0 saturated heterocycles. The number of rotatable bonds is 4. The second kappa shape index (κ2) is 5.41. The fraction of sp³-hybridized carbons (Fsp3) is 0.929. The molecule has 0 bridgehead atoms. The van der Waals surface area contributed by atoms with Crippen LogP contribution in [-0.4, -0.2) is 29.5 Å². The number of nitrogens with two attached hydrogens (primary N) is 1. The molecule has 3 N–H and O–H groups in total. The molecule has 0 spiro atoms. The molecule has 3 nitrogen and oxygen atoms in total. The lowest BCUT2D eigenvalue weighted by molar-refractivity contribution is -0.130. The summed E-state index contributed by atoms with van der Waals surface area (Å²) >= 11 is 1.92. The average Bonchev–Trinajstić information content (AvgIpc) is 2.96. The van der Waals surface area contributed by atoms with E-state index in [1.165, 1.54) is 25.7 Å². The summed E-state index contributed by atoms with van der Waals surface area (Å²) in [5, 5.41) is 3.19. The first-order valence-corrected chi connectivity index (χ1v) is 8.34. The monoisotopic (exact) mass is 270 g/mol. The molecular formula is C14H26N2OS. The maximum atomic E-state index is 12.4. The lowest BCUT2D eigenvalue weighted by Gasteiger charge is -2.32. The Morgan fingerprint density at radius 3 is 2.50 bits per heavy atom. The molecule has 104 valence electrons. The van der Waals surface area contributed by atoms with Gasteiger partial charge in [0.15, 0.2) is 0 Å². The second-order valence-electron chi connectivity index (χ2n) is 6.19. The van der Waals surface area contributed by atoms with Gasteiger partial charge in [0.2, 0.25) is 5.91 Å². The van der Waals surface area contributed by atoms with Gasteiger partial charge < -0.3 is 11.1 Å². The van der Waals surface area contributed by atoms with Crippen LogP contribution >= 0.6 is 11.8 Å². The highest BCUT2D eigenvalue weighted by atomic mass is 32.2. The van der Waals surface area contributed by atoms with Crippen molar-refractivity contribution in [1.29, 1.82) is 0 Å². The van der Waals surface area contributed by atoms with Crippen LogP contribution in [0, 0.1) is 5.41 Å². The zero-order chi connectivity index (χ0) is 13.2. The molecule has 0 radical (unpaired) electrons. The lowest BCUT2D eigenvalue weighted by Crippen LogP contribution is -2.50. The van der Waals surface area contributed by atoms with Crippen molar-refractivity contribution in [1.82, 2.24) is 5.32 Å². The molecule has 2 atom stereocenters. The van der Waals surface area contributed by atoms with Gasteiger partial charge in [0.25, 0.3) is 0 Å². The van der Waals surface area contributed by atoms with Crippen molar-refractivity contribution in [3.8, 4) is 0 Å². The van der Waals surface area contributed by atoms with Crippen molar-refractivity contribution >= 4 is 17.7 Å². The Balaban J connectivity index is 1.91. The normalized spacial score (nSPS) is 34.7. The molecule has 0 heterocycles. The summed E-state index contributed by atoms with van der Waals surface area (Å²) in [5.41, 5.74) is 5.76. The van der Waals surface area contributed by atoms with Crippen molar-refractivity contribution in [2.45, 2.75) is 62.7 Å². The number of amides is 1. The van der Waals surface area contributed by atoms with E-state index in [1.54, 1.807) is 0 Å². The topological polar surface area (TPSA) is 55.1 Å². The van der Waals surface area contributed by atoms with E-state index in [4.69, 9.17) is 5.73 Å². The van der Waals surface area contributed by atoms with Crippen LogP contribution in [0.4, 0.5) is 0 Å². The van der Waals surface area contributed by atoms with Gasteiger partial charge in [-0.05, 0) is 38.9 Å². The molecule has 2 saturated carbocycles. The number of thioether (sulfide) groups is 1. The average molecular weight is 270 g/mol. The third kappa shape index (κ3) is 2.55. The van der Waals surface area contributed by atoms with Crippen molar-refractivity contribution in [3.05, 3.63) is 0 Å². The minimum Gasteiger partial charge on any atom is -0.354 e. The summed E-state index contributed by atoms with van der Waals surface area (Å²) in [4.78, 5) is 12.4. The van der Waals surface area contributed by atoms with Gasteiger partial charge >= 0.3 is 0 Å². The number of carbonyl (C=O) groups excluding carboxylic acids is 1. The minimum atomic E-state index is -0.335. The third-order valence-electron chi connectivity index (χ3n) is 5.07. The summed E-state index contributed by atoms with van der Waals surface area (Å²) in [6.45, 7) is 2.84. The predicted octanol–water partition coefficient (Wildman–Crippen LogP) is 2.30. The van der Waals surface area contributed by atoms with Crippen LogP contribution in [0.3, 0.4) is 0 Å². The van der Waals surface area contributed by atoms with Crippen molar-refractivity contribution in [2.75, 3.05) is 12.8 Å². The summed E-state index contributed by atoms with van der Waals surface area (Å²) < 4.78 is 0.286. The highest BCUT2D eigenvalue weighted by Crippen LogP contribution is 2.41. The molecule has 4 heteroatoms.